The van der Waals surface area contributed by atoms with E-state index in [4.69, 9.17) is 5.11 Å². The van der Waals surface area contributed by atoms with E-state index in [1.54, 1.807) is 20.0 Å². The highest BCUT2D eigenvalue weighted by Gasteiger charge is 2.31. The van der Waals surface area contributed by atoms with E-state index >= 15 is 0 Å². The maximum Gasteiger partial charge on any atom is 0.416 e. The van der Waals surface area contributed by atoms with Crippen LogP contribution in [0.5, 0.6) is 0 Å². The molecule has 1 N–H and O–H groups in total. The second-order valence-electron chi connectivity index (χ2n) is 4.11. The lowest BCUT2D eigenvalue weighted by molar-refractivity contribution is -0.139. The molecule has 6 heteroatoms. The van der Waals surface area contributed by atoms with E-state index in [0.717, 1.165) is 12.1 Å². The topological polar surface area (TPSA) is 40.5 Å². The first-order chi connectivity index (χ1) is 8.21. The normalized spacial score (nSPS) is 13.7. The van der Waals surface area contributed by atoms with Crippen molar-refractivity contribution in [2.24, 2.45) is 0 Å². The predicted octanol–water partition coefficient (Wildman–Crippen LogP) is 2.78. The quantitative estimate of drug-likeness (QED) is 0.906. The zero-order valence-corrected chi connectivity index (χ0v) is 10.0. The molecule has 0 saturated carbocycles. The molecule has 0 amide bonds. The van der Waals surface area contributed by atoms with Gasteiger partial charge in [0.2, 0.25) is 0 Å². The van der Waals surface area contributed by atoms with Gasteiger partial charge in [0.1, 0.15) is 0 Å². The standard InChI is InChI=1S/C12H14F3NO2/c1-8(16(2)7-11(17)18)9-4-3-5-10(6-9)12(13,14)15/h3-6,8H,7H2,1-2H3,(H,17,18). The van der Waals surface area contributed by atoms with Gasteiger partial charge >= 0.3 is 12.1 Å². The minimum atomic E-state index is -4.39. The SMILES string of the molecule is CC(c1cccc(C(F)(F)F)c1)N(C)CC(=O)O. The maximum absolute atomic E-state index is 12.5. The first kappa shape index (κ1) is 14.5. The number of alkyl halides is 3. The number of likely N-dealkylation sites (N-methyl/N-ethyl adjacent to an activating group) is 1. The molecule has 0 heterocycles. The molecule has 0 fully saturated rings. The molecular formula is C12H14F3NO2. The van der Waals surface area contributed by atoms with Crippen LogP contribution >= 0.6 is 0 Å². The van der Waals surface area contributed by atoms with Gasteiger partial charge in [0.25, 0.3) is 0 Å². The zero-order chi connectivity index (χ0) is 13.9. The fourth-order valence-corrected chi connectivity index (χ4v) is 1.58. The van der Waals surface area contributed by atoms with E-state index in [-0.39, 0.29) is 6.54 Å². The Bertz CT molecular complexity index is 432. The number of carboxylic acid groups (broad SMARTS) is 1. The van der Waals surface area contributed by atoms with Crippen molar-refractivity contribution in [3.05, 3.63) is 35.4 Å². The van der Waals surface area contributed by atoms with Crippen molar-refractivity contribution < 1.29 is 23.1 Å². The van der Waals surface area contributed by atoms with Crippen molar-refractivity contribution in [3.63, 3.8) is 0 Å². The van der Waals surface area contributed by atoms with Gasteiger partial charge in [-0.1, -0.05) is 12.1 Å². The van der Waals surface area contributed by atoms with Gasteiger partial charge < -0.3 is 5.11 Å². The van der Waals surface area contributed by atoms with Gasteiger partial charge in [0.15, 0.2) is 0 Å². The van der Waals surface area contributed by atoms with Crippen LogP contribution in [0.15, 0.2) is 24.3 Å². The molecule has 1 unspecified atom stereocenters. The van der Waals surface area contributed by atoms with Crippen molar-refractivity contribution >= 4 is 5.97 Å². The van der Waals surface area contributed by atoms with Crippen molar-refractivity contribution in [2.75, 3.05) is 13.6 Å². The van der Waals surface area contributed by atoms with Crippen molar-refractivity contribution in [3.8, 4) is 0 Å². The highest BCUT2D eigenvalue weighted by atomic mass is 19.4. The molecule has 0 aliphatic rings. The average molecular weight is 261 g/mol. The van der Waals surface area contributed by atoms with Gasteiger partial charge in [0.05, 0.1) is 12.1 Å². The van der Waals surface area contributed by atoms with Gasteiger partial charge in [-0.25, -0.2) is 0 Å². The van der Waals surface area contributed by atoms with E-state index in [2.05, 4.69) is 0 Å². The molecule has 1 aromatic carbocycles. The van der Waals surface area contributed by atoms with E-state index < -0.39 is 23.8 Å². The van der Waals surface area contributed by atoms with E-state index in [9.17, 15) is 18.0 Å². The number of rotatable bonds is 4. The number of halogens is 3. The second-order valence-corrected chi connectivity index (χ2v) is 4.11. The van der Waals surface area contributed by atoms with Crippen molar-refractivity contribution in [1.82, 2.24) is 4.90 Å². The highest BCUT2D eigenvalue weighted by Crippen LogP contribution is 2.31. The molecule has 0 radical (unpaired) electrons. The third kappa shape index (κ3) is 3.73. The Balaban J connectivity index is 2.93. The van der Waals surface area contributed by atoms with Crippen LogP contribution in [0.1, 0.15) is 24.1 Å². The Morgan fingerprint density at radius 2 is 2.06 bits per heavy atom. The summed E-state index contributed by atoms with van der Waals surface area (Å²) in [6, 6.07) is 4.52. The van der Waals surface area contributed by atoms with E-state index in [1.165, 1.54) is 11.0 Å². The van der Waals surface area contributed by atoms with Crippen molar-refractivity contribution in [1.29, 1.82) is 0 Å². The molecular weight excluding hydrogens is 247 g/mol. The summed E-state index contributed by atoms with van der Waals surface area (Å²) in [5.41, 5.74) is -0.288. The van der Waals surface area contributed by atoms with Gasteiger partial charge in [-0.15, -0.1) is 0 Å². The van der Waals surface area contributed by atoms with Crippen LogP contribution in [-0.2, 0) is 11.0 Å². The minimum absolute atomic E-state index is 0.225. The molecule has 0 saturated heterocycles. The van der Waals surface area contributed by atoms with Crippen LogP contribution in [0.4, 0.5) is 13.2 Å². The lowest BCUT2D eigenvalue weighted by Crippen LogP contribution is -2.28. The summed E-state index contributed by atoms with van der Waals surface area (Å²) >= 11 is 0. The lowest BCUT2D eigenvalue weighted by Gasteiger charge is -2.23. The number of hydrogen-bond donors (Lipinski definition) is 1. The van der Waals surface area contributed by atoms with Crippen LogP contribution in [0, 0.1) is 0 Å². The maximum atomic E-state index is 12.5. The fraction of sp³-hybridized carbons (Fsp3) is 0.417. The summed E-state index contributed by atoms with van der Waals surface area (Å²) in [4.78, 5) is 12.0. The molecule has 3 nitrogen and oxygen atoms in total. The largest absolute Gasteiger partial charge is 0.480 e. The fourth-order valence-electron chi connectivity index (χ4n) is 1.58. The second kappa shape index (κ2) is 5.39. The molecule has 0 aromatic heterocycles. The molecule has 0 aliphatic heterocycles. The van der Waals surface area contributed by atoms with Crippen LogP contribution in [0.25, 0.3) is 0 Å². The molecule has 1 atom stereocenters. The Kier molecular flexibility index (Phi) is 4.34. The molecule has 1 aromatic rings. The predicted molar refractivity (Wildman–Crippen MR) is 60.1 cm³/mol. The Morgan fingerprint density at radius 3 is 2.56 bits per heavy atom. The highest BCUT2D eigenvalue weighted by molar-refractivity contribution is 5.69. The van der Waals surface area contributed by atoms with Crippen LogP contribution in [0.2, 0.25) is 0 Å². The number of benzene rings is 1. The van der Waals surface area contributed by atoms with Crippen LogP contribution < -0.4 is 0 Å². The smallest absolute Gasteiger partial charge is 0.416 e. The van der Waals surface area contributed by atoms with Gasteiger partial charge in [-0.3, -0.25) is 9.69 Å². The summed E-state index contributed by atoms with van der Waals surface area (Å²) in [5, 5.41) is 8.64. The third-order valence-corrected chi connectivity index (χ3v) is 2.74. The number of nitrogens with zero attached hydrogens (tertiary/aromatic N) is 1. The van der Waals surface area contributed by atoms with E-state index in [1.807, 2.05) is 0 Å². The van der Waals surface area contributed by atoms with Gasteiger partial charge in [-0.2, -0.15) is 13.2 Å². The van der Waals surface area contributed by atoms with E-state index in [0.29, 0.717) is 5.56 Å². The van der Waals surface area contributed by atoms with Crippen LogP contribution in [-0.4, -0.2) is 29.6 Å². The zero-order valence-electron chi connectivity index (χ0n) is 10.0. The van der Waals surface area contributed by atoms with Crippen LogP contribution in [0.3, 0.4) is 0 Å². The Labute approximate surface area is 103 Å². The number of hydrogen-bond acceptors (Lipinski definition) is 2. The number of aliphatic carboxylic acids is 1. The number of carbonyl (C=O) groups is 1. The molecule has 100 valence electrons. The van der Waals surface area contributed by atoms with Gasteiger partial charge in [-0.05, 0) is 31.7 Å². The average Bonchev–Trinajstić information content (AvgIpc) is 2.26. The van der Waals surface area contributed by atoms with Crippen molar-refractivity contribution in [2.45, 2.75) is 19.1 Å². The summed E-state index contributed by atoms with van der Waals surface area (Å²) in [7, 11) is 1.55. The minimum Gasteiger partial charge on any atom is -0.480 e. The molecule has 1 rings (SSSR count). The lowest BCUT2D eigenvalue weighted by atomic mass is 10.0. The summed E-state index contributed by atoms with van der Waals surface area (Å²) in [6.07, 6.45) is -4.39. The summed E-state index contributed by atoms with van der Waals surface area (Å²) < 4.78 is 37.6. The third-order valence-electron chi connectivity index (χ3n) is 2.74. The monoisotopic (exact) mass is 261 g/mol. The summed E-state index contributed by atoms with van der Waals surface area (Å²) in [6.45, 7) is 1.44. The molecule has 0 aliphatic carbocycles. The number of carboxylic acids is 1. The molecule has 0 spiro atoms. The first-order valence-electron chi connectivity index (χ1n) is 5.31. The molecule has 0 bridgehead atoms. The summed E-state index contributed by atoms with van der Waals surface area (Å²) in [5.74, 6) is -1.02. The first-order valence-corrected chi connectivity index (χ1v) is 5.31. The Hall–Kier alpha value is -1.56. The molecule has 18 heavy (non-hydrogen) atoms. The Morgan fingerprint density at radius 1 is 1.44 bits per heavy atom. The van der Waals surface area contributed by atoms with Gasteiger partial charge in [0, 0.05) is 6.04 Å².